The fourth-order valence-electron chi connectivity index (χ4n) is 2.91. The maximum absolute atomic E-state index is 12.3. The molecule has 2 N–H and O–H groups in total. The average molecular weight is 348 g/mol. The lowest BCUT2D eigenvalue weighted by Gasteiger charge is -2.20. The van der Waals surface area contributed by atoms with Crippen LogP contribution in [0.25, 0.3) is 0 Å². The van der Waals surface area contributed by atoms with Gasteiger partial charge in [0.05, 0.1) is 13.2 Å². The van der Waals surface area contributed by atoms with Crippen molar-refractivity contribution in [3.8, 4) is 11.5 Å². The van der Waals surface area contributed by atoms with E-state index < -0.39 is 0 Å². The summed E-state index contributed by atoms with van der Waals surface area (Å²) in [5, 5.41) is 0. The van der Waals surface area contributed by atoms with Crippen molar-refractivity contribution in [1.82, 2.24) is 10.9 Å². The first kappa shape index (κ1) is 19.1. The number of hydrogen-bond donors (Lipinski definition) is 2. The van der Waals surface area contributed by atoms with E-state index >= 15 is 0 Å². The Labute approximate surface area is 149 Å². The lowest BCUT2D eigenvalue weighted by atomic mass is 9.89. The summed E-state index contributed by atoms with van der Waals surface area (Å²) in [7, 11) is 0. The molecule has 0 aromatic heterocycles. The van der Waals surface area contributed by atoms with Gasteiger partial charge in [-0.3, -0.25) is 20.4 Å². The molecule has 0 aliphatic heterocycles. The highest BCUT2D eigenvalue weighted by molar-refractivity contribution is 5.96. The minimum atomic E-state index is -0.368. The van der Waals surface area contributed by atoms with Gasteiger partial charge in [0.2, 0.25) is 5.91 Å². The third-order valence-corrected chi connectivity index (χ3v) is 4.24. The van der Waals surface area contributed by atoms with Gasteiger partial charge in [0.15, 0.2) is 11.5 Å². The Kier molecular flexibility index (Phi) is 7.57. The molecule has 2 amide bonds. The highest BCUT2D eigenvalue weighted by atomic mass is 16.5. The minimum absolute atomic E-state index is 0.00199. The maximum atomic E-state index is 12.3. The van der Waals surface area contributed by atoms with Gasteiger partial charge in [-0.05, 0) is 44.4 Å². The molecular formula is C19H28N2O4. The second kappa shape index (κ2) is 9.91. The molecule has 1 aliphatic carbocycles. The van der Waals surface area contributed by atoms with Crippen LogP contribution in [0.3, 0.4) is 0 Å². The predicted octanol–water partition coefficient (Wildman–Crippen LogP) is 3.22. The van der Waals surface area contributed by atoms with E-state index in [9.17, 15) is 9.59 Å². The van der Waals surface area contributed by atoms with Gasteiger partial charge < -0.3 is 9.47 Å². The molecule has 0 atom stereocenters. The number of rotatable bonds is 7. The van der Waals surface area contributed by atoms with Crippen LogP contribution in [-0.4, -0.2) is 25.0 Å². The molecule has 1 aromatic carbocycles. The molecule has 6 nitrogen and oxygen atoms in total. The molecule has 0 bridgehead atoms. The molecule has 1 aromatic rings. The molecule has 0 saturated heterocycles. The quantitative estimate of drug-likeness (QED) is 0.742. The van der Waals surface area contributed by atoms with E-state index in [0.717, 1.165) is 32.1 Å². The van der Waals surface area contributed by atoms with Crippen LogP contribution in [0.4, 0.5) is 0 Å². The molecule has 2 rings (SSSR count). The first-order valence-corrected chi connectivity index (χ1v) is 9.15. The number of carbonyl (C=O) groups excluding carboxylic acids is 2. The van der Waals surface area contributed by atoms with Gasteiger partial charge in [-0.25, -0.2) is 0 Å². The topological polar surface area (TPSA) is 76.7 Å². The van der Waals surface area contributed by atoms with Gasteiger partial charge in [-0.2, -0.15) is 0 Å². The van der Waals surface area contributed by atoms with Gasteiger partial charge in [0, 0.05) is 11.5 Å². The number of hydrazine groups is 1. The van der Waals surface area contributed by atoms with Crippen LogP contribution < -0.4 is 20.3 Å². The van der Waals surface area contributed by atoms with Crippen LogP contribution in [0.1, 0.15) is 62.7 Å². The zero-order chi connectivity index (χ0) is 18.1. The second-order valence-electron chi connectivity index (χ2n) is 6.22. The van der Waals surface area contributed by atoms with Gasteiger partial charge in [-0.15, -0.1) is 0 Å². The summed E-state index contributed by atoms with van der Waals surface area (Å²) >= 11 is 0. The van der Waals surface area contributed by atoms with E-state index in [-0.39, 0.29) is 17.7 Å². The van der Waals surface area contributed by atoms with Crippen molar-refractivity contribution in [2.75, 3.05) is 13.2 Å². The third kappa shape index (κ3) is 5.66. The predicted molar refractivity (Wildman–Crippen MR) is 95.6 cm³/mol. The molecule has 0 unspecified atom stereocenters. The molecule has 0 radical (unpaired) electrons. The summed E-state index contributed by atoms with van der Waals surface area (Å²) in [6.07, 6.45) is 6.00. The molecule has 0 spiro atoms. The smallest absolute Gasteiger partial charge is 0.269 e. The van der Waals surface area contributed by atoms with Crippen LogP contribution in [0.5, 0.6) is 11.5 Å². The standard InChI is InChI=1S/C19H28N2O4/c1-3-12-25-16-11-10-15(13-17(16)24-4-2)19(23)21-20-18(22)14-8-6-5-7-9-14/h10-11,13-14H,3-9,12H2,1-2H3,(H,20,22)(H,21,23). The van der Waals surface area contributed by atoms with Crippen LogP contribution in [0, 0.1) is 5.92 Å². The normalized spacial score (nSPS) is 14.6. The summed E-state index contributed by atoms with van der Waals surface area (Å²) in [6, 6.07) is 5.02. The number of benzene rings is 1. The Hall–Kier alpha value is -2.24. The fraction of sp³-hybridized carbons (Fsp3) is 0.579. The zero-order valence-electron chi connectivity index (χ0n) is 15.1. The van der Waals surface area contributed by atoms with Crippen LogP contribution in [0.15, 0.2) is 18.2 Å². The van der Waals surface area contributed by atoms with Crippen molar-refractivity contribution in [3.05, 3.63) is 23.8 Å². The summed E-state index contributed by atoms with van der Waals surface area (Å²) in [4.78, 5) is 24.4. The number of carbonyl (C=O) groups is 2. The summed E-state index contributed by atoms with van der Waals surface area (Å²) in [5.41, 5.74) is 5.45. The Balaban J connectivity index is 1.95. The first-order valence-electron chi connectivity index (χ1n) is 9.15. The Morgan fingerprint density at radius 3 is 2.48 bits per heavy atom. The van der Waals surface area contributed by atoms with Crippen molar-refractivity contribution < 1.29 is 19.1 Å². The number of nitrogens with one attached hydrogen (secondary N) is 2. The SMILES string of the molecule is CCCOc1ccc(C(=O)NNC(=O)C2CCCCC2)cc1OCC. The van der Waals surface area contributed by atoms with Crippen molar-refractivity contribution >= 4 is 11.8 Å². The van der Waals surface area contributed by atoms with E-state index in [2.05, 4.69) is 10.9 Å². The minimum Gasteiger partial charge on any atom is -0.490 e. The summed E-state index contributed by atoms with van der Waals surface area (Å²) in [5.74, 6) is 0.666. The average Bonchev–Trinajstić information content (AvgIpc) is 2.65. The highest BCUT2D eigenvalue weighted by Gasteiger charge is 2.21. The summed E-state index contributed by atoms with van der Waals surface area (Å²) < 4.78 is 11.2. The van der Waals surface area contributed by atoms with Gasteiger partial charge in [-0.1, -0.05) is 26.2 Å². The molecule has 25 heavy (non-hydrogen) atoms. The highest BCUT2D eigenvalue weighted by Crippen LogP contribution is 2.28. The van der Waals surface area contributed by atoms with Gasteiger partial charge in [0.25, 0.3) is 5.91 Å². The molecule has 1 fully saturated rings. The Bertz CT molecular complexity index is 583. The number of amides is 2. The lowest BCUT2D eigenvalue weighted by Crippen LogP contribution is -2.44. The first-order chi connectivity index (χ1) is 12.2. The summed E-state index contributed by atoms with van der Waals surface area (Å²) in [6.45, 7) is 4.97. The molecule has 0 heterocycles. The van der Waals surface area contributed by atoms with Crippen LogP contribution >= 0.6 is 0 Å². The molecular weight excluding hydrogens is 320 g/mol. The van der Waals surface area contributed by atoms with Crippen LogP contribution in [0.2, 0.25) is 0 Å². The third-order valence-electron chi connectivity index (χ3n) is 4.24. The lowest BCUT2D eigenvalue weighted by molar-refractivity contribution is -0.126. The van der Waals surface area contributed by atoms with E-state index in [1.165, 1.54) is 6.42 Å². The van der Waals surface area contributed by atoms with Gasteiger partial charge in [0.1, 0.15) is 0 Å². The van der Waals surface area contributed by atoms with E-state index in [4.69, 9.17) is 9.47 Å². The van der Waals surface area contributed by atoms with Gasteiger partial charge >= 0.3 is 0 Å². The fourth-order valence-corrected chi connectivity index (χ4v) is 2.91. The molecule has 1 aliphatic rings. The Morgan fingerprint density at radius 1 is 1.04 bits per heavy atom. The van der Waals surface area contributed by atoms with E-state index in [0.29, 0.717) is 30.3 Å². The molecule has 6 heteroatoms. The zero-order valence-corrected chi connectivity index (χ0v) is 15.1. The van der Waals surface area contributed by atoms with Crippen LogP contribution in [-0.2, 0) is 4.79 Å². The number of hydrogen-bond acceptors (Lipinski definition) is 4. The van der Waals surface area contributed by atoms with Crippen molar-refractivity contribution in [2.45, 2.75) is 52.4 Å². The molecule has 138 valence electrons. The molecule has 1 saturated carbocycles. The van der Waals surface area contributed by atoms with E-state index in [1.54, 1.807) is 18.2 Å². The maximum Gasteiger partial charge on any atom is 0.269 e. The largest absolute Gasteiger partial charge is 0.490 e. The van der Waals surface area contributed by atoms with Crippen molar-refractivity contribution in [3.63, 3.8) is 0 Å². The Morgan fingerprint density at radius 2 is 1.80 bits per heavy atom. The number of ether oxygens (including phenoxy) is 2. The van der Waals surface area contributed by atoms with Crippen molar-refractivity contribution in [1.29, 1.82) is 0 Å². The van der Waals surface area contributed by atoms with Crippen molar-refractivity contribution in [2.24, 2.45) is 5.92 Å². The second-order valence-corrected chi connectivity index (χ2v) is 6.22. The van der Waals surface area contributed by atoms with E-state index in [1.807, 2.05) is 13.8 Å². The monoisotopic (exact) mass is 348 g/mol.